The van der Waals surface area contributed by atoms with Gasteiger partial charge in [0.1, 0.15) is 11.6 Å². The molecular formula is C12H12Cl2N2O. The molecule has 0 spiro atoms. The third-order valence-corrected chi connectivity index (χ3v) is 3.15. The van der Waals surface area contributed by atoms with Gasteiger partial charge in [0, 0.05) is 31.9 Å². The summed E-state index contributed by atoms with van der Waals surface area (Å²) in [7, 11) is 1.96. The molecule has 0 aliphatic heterocycles. The van der Waals surface area contributed by atoms with E-state index in [0.717, 1.165) is 12.2 Å². The van der Waals surface area contributed by atoms with Gasteiger partial charge in [-0.15, -0.1) is 0 Å². The van der Waals surface area contributed by atoms with Crippen LogP contribution in [0.5, 0.6) is 5.75 Å². The number of ether oxygens (including phenoxy) is 1. The maximum atomic E-state index is 5.89. The SMILES string of the molecule is Cn1ccnc1CCOc1ccc(Cl)c(Cl)c1. The van der Waals surface area contributed by atoms with E-state index >= 15 is 0 Å². The highest BCUT2D eigenvalue weighted by atomic mass is 35.5. The zero-order chi connectivity index (χ0) is 12.3. The molecule has 5 heteroatoms. The van der Waals surface area contributed by atoms with E-state index in [0.29, 0.717) is 22.4 Å². The van der Waals surface area contributed by atoms with Crippen LogP contribution in [-0.2, 0) is 13.5 Å². The van der Waals surface area contributed by atoms with Crippen molar-refractivity contribution in [3.63, 3.8) is 0 Å². The van der Waals surface area contributed by atoms with Crippen LogP contribution in [-0.4, -0.2) is 16.2 Å². The first-order chi connectivity index (χ1) is 8.16. The Morgan fingerprint density at radius 2 is 2.12 bits per heavy atom. The molecular weight excluding hydrogens is 259 g/mol. The van der Waals surface area contributed by atoms with E-state index in [1.807, 2.05) is 17.8 Å². The van der Waals surface area contributed by atoms with Gasteiger partial charge in [-0.25, -0.2) is 4.98 Å². The maximum Gasteiger partial charge on any atom is 0.120 e. The molecule has 0 amide bonds. The number of hydrogen-bond donors (Lipinski definition) is 0. The standard InChI is InChI=1S/C12H12Cl2N2O/c1-16-6-5-15-12(16)4-7-17-9-2-3-10(13)11(14)8-9/h2-3,5-6,8H,4,7H2,1H3. The minimum Gasteiger partial charge on any atom is -0.493 e. The summed E-state index contributed by atoms with van der Waals surface area (Å²) in [6, 6.07) is 5.23. The van der Waals surface area contributed by atoms with Crippen molar-refractivity contribution in [2.75, 3.05) is 6.61 Å². The molecule has 0 atom stereocenters. The molecule has 2 rings (SSSR count). The van der Waals surface area contributed by atoms with Gasteiger partial charge in [0.05, 0.1) is 16.7 Å². The first-order valence-corrected chi connectivity index (χ1v) is 5.96. The minimum atomic E-state index is 0.501. The van der Waals surface area contributed by atoms with Crippen molar-refractivity contribution < 1.29 is 4.74 Å². The summed E-state index contributed by atoms with van der Waals surface area (Å²) in [5.74, 6) is 1.71. The van der Waals surface area contributed by atoms with E-state index < -0.39 is 0 Å². The van der Waals surface area contributed by atoms with Crippen LogP contribution in [0, 0.1) is 0 Å². The van der Waals surface area contributed by atoms with Crippen LogP contribution in [0.25, 0.3) is 0 Å². The lowest BCUT2D eigenvalue weighted by molar-refractivity contribution is 0.317. The zero-order valence-corrected chi connectivity index (χ0v) is 10.9. The van der Waals surface area contributed by atoms with Crippen LogP contribution < -0.4 is 4.74 Å². The molecule has 0 bridgehead atoms. The Hall–Kier alpha value is -1.19. The van der Waals surface area contributed by atoms with Crippen molar-refractivity contribution in [1.29, 1.82) is 0 Å². The van der Waals surface area contributed by atoms with Gasteiger partial charge in [-0.05, 0) is 12.1 Å². The lowest BCUT2D eigenvalue weighted by atomic mass is 10.3. The summed E-state index contributed by atoms with van der Waals surface area (Å²) in [6.07, 6.45) is 4.44. The second-order valence-electron chi connectivity index (χ2n) is 3.63. The first-order valence-electron chi connectivity index (χ1n) is 5.21. The van der Waals surface area contributed by atoms with Crippen molar-refractivity contribution in [2.24, 2.45) is 7.05 Å². The van der Waals surface area contributed by atoms with E-state index in [1.54, 1.807) is 24.4 Å². The molecule has 2 aromatic rings. The molecule has 1 aromatic carbocycles. The highest BCUT2D eigenvalue weighted by Crippen LogP contribution is 2.26. The average molecular weight is 271 g/mol. The summed E-state index contributed by atoms with van der Waals surface area (Å²) >= 11 is 11.7. The molecule has 0 aliphatic rings. The van der Waals surface area contributed by atoms with Crippen LogP contribution in [0.1, 0.15) is 5.82 Å². The van der Waals surface area contributed by atoms with Crippen LogP contribution in [0.2, 0.25) is 10.0 Å². The van der Waals surface area contributed by atoms with E-state index in [9.17, 15) is 0 Å². The van der Waals surface area contributed by atoms with E-state index in [2.05, 4.69) is 4.98 Å². The van der Waals surface area contributed by atoms with Crippen LogP contribution in [0.3, 0.4) is 0 Å². The highest BCUT2D eigenvalue weighted by molar-refractivity contribution is 6.42. The van der Waals surface area contributed by atoms with Crippen LogP contribution in [0.15, 0.2) is 30.6 Å². The lowest BCUT2D eigenvalue weighted by Crippen LogP contribution is -2.06. The van der Waals surface area contributed by atoms with Gasteiger partial charge in [-0.3, -0.25) is 0 Å². The summed E-state index contributed by atoms with van der Waals surface area (Å²) in [6.45, 7) is 0.558. The molecule has 90 valence electrons. The second kappa shape index (κ2) is 5.43. The number of hydrogen-bond acceptors (Lipinski definition) is 2. The molecule has 0 N–H and O–H groups in total. The van der Waals surface area contributed by atoms with Crippen LogP contribution in [0.4, 0.5) is 0 Å². The number of aryl methyl sites for hydroxylation is 1. The van der Waals surface area contributed by atoms with Crippen molar-refractivity contribution in [3.05, 3.63) is 46.5 Å². The third kappa shape index (κ3) is 3.14. The Morgan fingerprint density at radius 3 is 2.76 bits per heavy atom. The zero-order valence-electron chi connectivity index (χ0n) is 9.36. The normalized spacial score (nSPS) is 10.5. The van der Waals surface area contributed by atoms with Crippen molar-refractivity contribution in [2.45, 2.75) is 6.42 Å². The van der Waals surface area contributed by atoms with E-state index in [1.165, 1.54) is 0 Å². The van der Waals surface area contributed by atoms with E-state index in [-0.39, 0.29) is 0 Å². The number of imidazole rings is 1. The summed E-state index contributed by atoms with van der Waals surface area (Å²) < 4.78 is 7.54. The Balaban J connectivity index is 1.90. The fourth-order valence-electron chi connectivity index (χ4n) is 1.46. The number of rotatable bonds is 4. The summed E-state index contributed by atoms with van der Waals surface area (Å²) in [4.78, 5) is 4.21. The Kier molecular flexibility index (Phi) is 3.92. The van der Waals surface area contributed by atoms with Gasteiger partial charge in [0.15, 0.2) is 0 Å². The Labute approximate surface area is 110 Å². The molecule has 0 radical (unpaired) electrons. The largest absolute Gasteiger partial charge is 0.493 e. The van der Waals surface area contributed by atoms with Gasteiger partial charge >= 0.3 is 0 Å². The summed E-state index contributed by atoms with van der Waals surface area (Å²) in [5.41, 5.74) is 0. The van der Waals surface area contributed by atoms with Crippen molar-refractivity contribution >= 4 is 23.2 Å². The maximum absolute atomic E-state index is 5.89. The van der Waals surface area contributed by atoms with Gasteiger partial charge in [0.2, 0.25) is 0 Å². The number of halogens is 2. The molecule has 0 fully saturated rings. The lowest BCUT2D eigenvalue weighted by Gasteiger charge is -2.07. The monoisotopic (exact) mass is 270 g/mol. The first kappa shape index (κ1) is 12.3. The topological polar surface area (TPSA) is 27.1 Å². The van der Waals surface area contributed by atoms with Gasteiger partial charge < -0.3 is 9.30 Å². The van der Waals surface area contributed by atoms with Crippen molar-refractivity contribution in [1.82, 2.24) is 9.55 Å². The van der Waals surface area contributed by atoms with Gasteiger partial charge in [-0.2, -0.15) is 0 Å². The predicted octanol–water partition coefficient (Wildman–Crippen LogP) is 3.35. The number of nitrogens with zero attached hydrogens (tertiary/aromatic N) is 2. The fraction of sp³-hybridized carbons (Fsp3) is 0.250. The minimum absolute atomic E-state index is 0.501. The predicted molar refractivity (Wildman–Crippen MR) is 68.9 cm³/mol. The molecule has 0 saturated heterocycles. The molecule has 1 heterocycles. The second-order valence-corrected chi connectivity index (χ2v) is 4.44. The molecule has 0 aliphatic carbocycles. The molecule has 0 saturated carbocycles. The van der Waals surface area contributed by atoms with E-state index in [4.69, 9.17) is 27.9 Å². The summed E-state index contributed by atoms with van der Waals surface area (Å²) in [5, 5.41) is 1.03. The fourth-order valence-corrected chi connectivity index (χ4v) is 1.75. The van der Waals surface area contributed by atoms with Crippen LogP contribution >= 0.6 is 23.2 Å². The molecule has 3 nitrogen and oxygen atoms in total. The van der Waals surface area contributed by atoms with Crippen molar-refractivity contribution in [3.8, 4) is 5.75 Å². The Morgan fingerprint density at radius 1 is 1.29 bits per heavy atom. The number of aromatic nitrogens is 2. The molecule has 17 heavy (non-hydrogen) atoms. The van der Waals surface area contributed by atoms with Gasteiger partial charge in [0.25, 0.3) is 0 Å². The third-order valence-electron chi connectivity index (χ3n) is 2.41. The quantitative estimate of drug-likeness (QED) is 0.852. The average Bonchev–Trinajstić information content (AvgIpc) is 2.70. The molecule has 1 aromatic heterocycles. The smallest absolute Gasteiger partial charge is 0.120 e. The highest BCUT2D eigenvalue weighted by Gasteiger charge is 2.02. The van der Waals surface area contributed by atoms with Gasteiger partial charge in [-0.1, -0.05) is 23.2 Å². The number of benzene rings is 1. The Bertz CT molecular complexity index is 511. The molecule has 0 unspecified atom stereocenters.